The minimum Gasteiger partial charge on any atom is -0.480 e. The van der Waals surface area contributed by atoms with E-state index in [2.05, 4.69) is 16.0 Å². The summed E-state index contributed by atoms with van der Waals surface area (Å²) in [6.07, 6.45) is -0.767. The van der Waals surface area contributed by atoms with E-state index >= 15 is 0 Å². The molecule has 0 aromatic rings. The first kappa shape index (κ1) is 22.8. The number of nitrogens with one attached hydrogen (secondary N) is 3. The number of aliphatic hydroxyl groups excluding tert-OH is 1. The summed E-state index contributed by atoms with van der Waals surface area (Å²) in [6, 6.07) is -3.28. The Kier molecular flexibility index (Phi) is 9.69. The van der Waals surface area contributed by atoms with Crippen LogP contribution < -0.4 is 21.7 Å². The molecule has 5 unspecified atom stereocenters. The molecular weight excluding hydrogens is 332 g/mol. The van der Waals surface area contributed by atoms with Gasteiger partial charge < -0.3 is 31.9 Å². The van der Waals surface area contributed by atoms with Crippen molar-refractivity contribution in [2.75, 3.05) is 6.54 Å². The molecular formula is C15H28N4O6. The van der Waals surface area contributed by atoms with Crippen molar-refractivity contribution in [2.24, 2.45) is 11.7 Å². The van der Waals surface area contributed by atoms with Crippen LogP contribution in [0.15, 0.2) is 0 Å². The Balaban J connectivity index is 4.94. The summed E-state index contributed by atoms with van der Waals surface area (Å²) in [5, 5.41) is 25.5. The summed E-state index contributed by atoms with van der Waals surface area (Å²) in [5.41, 5.74) is 5.37. The van der Waals surface area contributed by atoms with E-state index in [-0.39, 0.29) is 12.5 Å². The van der Waals surface area contributed by atoms with Gasteiger partial charge >= 0.3 is 5.97 Å². The smallest absolute Gasteiger partial charge is 0.328 e. The van der Waals surface area contributed by atoms with Gasteiger partial charge in [0.2, 0.25) is 17.7 Å². The lowest BCUT2D eigenvalue weighted by Gasteiger charge is -2.26. The molecule has 0 aliphatic rings. The van der Waals surface area contributed by atoms with Crippen molar-refractivity contribution >= 4 is 23.7 Å². The molecule has 10 nitrogen and oxygen atoms in total. The van der Waals surface area contributed by atoms with Gasteiger partial charge in [0.15, 0.2) is 6.04 Å². The molecule has 3 amide bonds. The molecule has 0 radical (unpaired) electrons. The first-order valence-corrected chi connectivity index (χ1v) is 8.05. The van der Waals surface area contributed by atoms with E-state index in [0.717, 1.165) is 0 Å². The van der Waals surface area contributed by atoms with Crippen molar-refractivity contribution in [3.8, 4) is 0 Å². The van der Waals surface area contributed by atoms with Crippen molar-refractivity contribution in [3.63, 3.8) is 0 Å². The molecule has 25 heavy (non-hydrogen) atoms. The zero-order valence-electron chi connectivity index (χ0n) is 14.9. The number of amides is 3. The number of carboxylic acids is 1. The minimum absolute atomic E-state index is 0.295. The monoisotopic (exact) mass is 360 g/mol. The van der Waals surface area contributed by atoms with Crippen molar-refractivity contribution in [2.45, 2.75) is 58.3 Å². The Hall–Kier alpha value is -2.20. The van der Waals surface area contributed by atoms with Crippen LogP contribution in [0.3, 0.4) is 0 Å². The van der Waals surface area contributed by atoms with E-state index in [0.29, 0.717) is 6.42 Å². The molecule has 144 valence electrons. The van der Waals surface area contributed by atoms with E-state index in [1.165, 1.54) is 13.8 Å². The maximum absolute atomic E-state index is 12.3. The molecule has 0 spiro atoms. The number of aliphatic hydroxyl groups is 1. The summed E-state index contributed by atoms with van der Waals surface area (Å²) < 4.78 is 0. The lowest BCUT2D eigenvalue weighted by Crippen LogP contribution is -2.57. The third-order valence-corrected chi connectivity index (χ3v) is 3.69. The molecule has 5 atom stereocenters. The zero-order valence-corrected chi connectivity index (χ0v) is 14.9. The number of carbonyl (C=O) groups is 4. The molecule has 7 N–H and O–H groups in total. The van der Waals surface area contributed by atoms with E-state index in [1.54, 1.807) is 13.8 Å². The van der Waals surface area contributed by atoms with Gasteiger partial charge in [-0.05, 0) is 19.8 Å². The number of hydrogen-bond donors (Lipinski definition) is 6. The second-order valence-electron chi connectivity index (χ2n) is 6.00. The molecule has 0 aromatic carbocycles. The molecule has 0 rings (SSSR count). The topological polar surface area (TPSA) is 171 Å². The van der Waals surface area contributed by atoms with Crippen LogP contribution >= 0.6 is 0 Å². The molecule has 10 heteroatoms. The fourth-order valence-electron chi connectivity index (χ4n) is 1.89. The first-order valence-electron chi connectivity index (χ1n) is 8.05. The van der Waals surface area contributed by atoms with Gasteiger partial charge in [-0.3, -0.25) is 14.4 Å². The number of carboxylic acid groups (broad SMARTS) is 1. The van der Waals surface area contributed by atoms with Crippen molar-refractivity contribution in [1.29, 1.82) is 0 Å². The maximum atomic E-state index is 12.3. The van der Waals surface area contributed by atoms with Crippen LogP contribution in [0.1, 0.15) is 34.1 Å². The van der Waals surface area contributed by atoms with Gasteiger partial charge in [-0.15, -0.1) is 0 Å². The summed E-state index contributed by atoms with van der Waals surface area (Å²) in [4.78, 5) is 46.7. The molecule has 0 heterocycles. The lowest BCUT2D eigenvalue weighted by atomic mass is 9.97. The summed E-state index contributed by atoms with van der Waals surface area (Å²) >= 11 is 0. The van der Waals surface area contributed by atoms with E-state index in [4.69, 9.17) is 10.8 Å². The Morgan fingerprint density at radius 3 is 1.96 bits per heavy atom. The SMILES string of the molecule is CCC(C)C(NC(=O)CNC(=O)C(C)N)C(=O)NC(C(=O)O)C(C)O. The van der Waals surface area contributed by atoms with E-state index in [9.17, 15) is 24.3 Å². The van der Waals surface area contributed by atoms with Crippen molar-refractivity contribution < 1.29 is 29.4 Å². The van der Waals surface area contributed by atoms with Crippen LogP contribution in [-0.4, -0.2) is 64.7 Å². The molecule has 0 saturated heterocycles. The fourth-order valence-corrected chi connectivity index (χ4v) is 1.89. The molecule has 0 aliphatic heterocycles. The van der Waals surface area contributed by atoms with Gasteiger partial charge in [0.25, 0.3) is 0 Å². The van der Waals surface area contributed by atoms with Crippen molar-refractivity contribution in [3.05, 3.63) is 0 Å². The molecule has 0 bridgehead atoms. The van der Waals surface area contributed by atoms with Crippen molar-refractivity contribution in [1.82, 2.24) is 16.0 Å². The van der Waals surface area contributed by atoms with Gasteiger partial charge in [-0.1, -0.05) is 20.3 Å². The number of hydrogen-bond acceptors (Lipinski definition) is 6. The molecule has 0 saturated carbocycles. The van der Waals surface area contributed by atoms with Crippen LogP contribution in [0.25, 0.3) is 0 Å². The van der Waals surface area contributed by atoms with E-state index < -0.39 is 47.9 Å². The highest BCUT2D eigenvalue weighted by molar-refractivity contribution is 5.92. The van der Waals surface area contributed by atoms with Crippen LogP contribution in [0.5, 0.6) is 0 Å². The number of rotatable bonds is 10. The minimum atomic E-state index is -1.49. The highest BCUT2D eigenvalue weighted by atomic mass is 16.4. The Morgan fingerprint density at radius 1 is 1.00 bits per heavy atom. The quantitative estimate of drug-likeness (QED) is 0.260. The third kappa shape index (κ3) is 7.94. The summed E-state index contributed by atoms with van der Waals surface area (Å²) in [7, 11) is 0. The highest BCUT2D eigenvalue weighted by Crippen LogP contribution is 2.09. The summed E-state index contributed by atoms with van der Waals surface area (Å²) in [6.45, 7) is 5.85. The van der Waals surface area contributed by atoms with Gasteiger partial charge in [0, 0.05) is 0 Å². The summed E-state index contributed by atoms with van der Waals surface area (Å²) in [5.74, 6) is -3.54. The fraction of sp³-hybridized carbons (Fsp3) is 0.733. The number of carbonyl (C=O) groups excluding carboxylic acids is 3. The van der Waals surface area contributed by atoms with Gasteiger partial charge in [-0.2, -0.15) is 0 Å². The largest absolute Gasteiger partial charge is 0.480 e. The Bertz CT molecular complexity index is 494. The zero-order chi connectivity index (χ0) is 19.7. The average Bonchev–Trinajstić information content (AvgIpc) is 2.53. The standard InChI is InChI=1S/C15H28N4O6/c1-5-7(2)11(14(23)19-12(9(4)20)15(24)25)18-10(21)6-17-13(22)8(3)16/h7-9,11-12,20H,5-6,16H2,1-4H3,(H,17,22)(H,18,21)(H,19,23)(H,24,25). The van der Waals surface area contributed by atoms with Crippen LogP contribution in [0.4, 0.5) is 0 Å². The second-order valence-corrected chi connectivity index (χ2v) is 6.00. The van der Waals surface area contributed by atoms with Crippen LogP contribution in [0.2, 0.25) is 0 Å². The number of nitrogens with two attached hydrogens (primary N) is 1. The lowest BCUT2D eigenvalue weighted by molar-refractivity contribution is -0.145. The van der Waals surface area contributed by atoms with E-state index in [1.807, 2.05) is 0 Å². The van der Waals surface area contributed by atoms with Gasteiger partial charge in [0.1, 0.15) is 6.04 Å². The third-order valence-electron chi connectivity index (χ3n) is 3.69. The first-order chi connectivity index (χ1) is 11.5. The molecule has 0 aliphatic carbocycles. The highest BCUT2D eigenvalue weighted by Gasteiger charge is 2.31. The Labute approximate surface area is 146 Å². The predicted molar refractivity (Wildman–Crippen MR) is 89.3 cm³/mol. The normalized spacial score (nSPS) is 16.7. The van der Waals surface area contributed by atoms with Gasteiger partial charge in [0.05, 0.1) is 18.7 Å². The average molecular weight is 360 g/mol. The molecule has 0 fully saturated rings. The molecule has 0 aromatic heterocycles. The predicted octanol–water partition coefficient (Wildman–Crippen LogP) is -2.07. The Morgan fingerprint density at radius 2 is 1.56 bits per heavy atom. The number of aliphatic carboxylic acids is 1. The maximum Gasteiger partial charge on any atom is 0.328 e. The van der Waals surface area contributed by atoms with Crippen LogP contribution in [-0.2, 0) is 19.2 Å². The van der Waals surface area contributed by atoms with Crippen LogP contribution in [0, 0.1) is 5.92 Å². The van der Waals surface area contributed by atoms with Gasteiger partial charge in [-0.25, -0.2) is 4.79 Å². The second kappa shape index (κ2) is 10.6.